The Balaban J connectivity index is 2.99. The van der Waals surface area contributed by atoms with Gasteiger partial charge in [0.15, 0.2) is 5.85 Å². The molecule has 0 radical (unpaired) electrons. The van der Waals surface area contributed by atoms with Crippen molar-refractivity contribution in [3.63, 3.8) is 0 Å². The molecule has 0 fully saturated rings. The smallest absolute Gasteiger partial charge is 0.163 e. The minimum atomic E-state index is 0.519. The van der Waals surface area contributed by atoms with E-state index in [1.807, 2.05) is 14.2 Å². The van der Waals surface area contributed by atoms with Crippen LogP contribution in [0.3, 0.4) is 0 Å². The van der Waals surface area contributed by atoms with Crippen LogP contribution in [0, 0.1) is 0 Å². The van der Waals surface area contributed by atoms with Gasteiger partial charge in [0.1, 0.15) is 14.2 Å². The monoisotopic (exact) mass is 107 g/mol. The highest BCUT2D eigenvalue weighted by Crippen LogP contribution is 2.03. The molecule has 0 aliphatic carbocycles. The van der Waals surface area contributed by atoms with E-state index in [0.717, 1.165) is 0 Å². The average Bonchev–Trinajstić information content (AvgIpc) is 1.36. The van der Waals surface area contributed by atoms with E-state index < -0.39 is 0 Å². The van der Waals surface area contributed by atoms with Crippen LogP contribution < -0.4 is 0 Å². The average molecular weight is 107 g/mol. The summed E-state index contributed by atoms with van der Waals surface area (Å²) in [6.45, 7) is 2.09. The lowest BCUT2D eigenvalue weighted by Gasteiger charge is -2.09. The van der Waals surface area contributed by atoms with Gasteiger partial charge in [-0.3, -0.25) is 0 Å². The summed E-state index contributed by atoms with van der Waals surface area (Å²) in [5, 5.41) is 0. The third-order valence-corrected chi connectivity index (χ3v) is 1.29. The maximum atomic E-state index is 2.79. The summed E-state index contributed by atoms with van der Waals surface area (Å²) < 4.78 is 2.79. The predicted molar refractivity (Wildman–Crippen MR) is 32.1 cm³/mol. The van der Waals surface area contributed by atoms with Crippen molar-refractivity contribution in [1.29, 1.82) is 0 Å². The SMILES string of the molecule is CC(P)[O+](C)C. The van der Waals surface area contributed by atoms with E-state index in [-0.39, 0.29) is 0 Å². The van der Waals surface area contributed by atoms with Crippen molar-refractivity contribution < 1.29 is 4.37 Å². The van der Waals surface area contributed by atoms with Crippen molar-refractivity contribution >= 4 is 9.24 Å². The summed E-state index contributed by atoms with van der Waals surface area (Å²) in [6, 6.07) is 0. The molecular weight excluding hydrogens is 95.0 g/mol. The molecule has 2 heteroatoms. The van der Waals surface area contributed by atoms with Gasteiger partial charge in [-0.05, 0) is 0 Å². The molecule has 0 saturated heterocycles. The first-order valence-corrected chi connectivity index (χ1v) is 2.63. The molecular formula is C4H12OP+. The Morgan fingerprint density at radius 2 is 1.67 bits per heavy atom. The van der Waals surface area contributed by atoms with Crippen molar-refractivity contribution in [2.75, 3.05) is 14.2 Å². The summed E-state index contributed by atoms with van der Waals surface area (Å²) >= 11 is 0. The zero-order chi connectivity index (χ0) is 5.15. The van der Waals surface area contributed by atoms with Crippen LogP contribution in [0.2, 0.25) is 0 Å². The molecule has 38 valence electrons. The van der Waals surface area contributed by atoms with Crippen LogP contribution in [0.25, 0.3) is 0 Å². The van der Waals surface area contributed by atoms with Gasteiger partial charge >= 0.3 is 0 Å². The molecule has 0 amide bonds. The predicted octanol–water partition coefficient (Wildman–Crippen LogP) is 1.02. The molecule has 0 aliphatic heterocycles. The van der Waals surface area contributed by atoms with Gasteiger partial charge in [0.2, 0.25) is 0 Å². The van der Waals surface area contributed by atoms with Crippen molar-refractivity contribution in [3.05, 3.63) is 0 Å². The standard InChI is InChI=1S/C4H12OP/c1-4(6)5(2)3/h4H,6H2,1-3H3/q+1. The lowest BCUT2D eigenvalue weighted by atomic mass is 10.8. The van der Waals surface area contributed by atoms with Crippen LogP contribution in [-0.4, -0.2) is 20.1 Å². The molecule has 0 heterocycles. The molecule has 2 atom stereocenters. The molecule has 0 aromatic rings. The van der Waals surface area contributed by atoms with E-state index in [2.05, 4.69) is 20.5 Å². The molecule has 2 unspecified atom stereocenters. The highest BCUT2D eigenvalue weighted by molar-refractivity contribution is 7.17. The molecule has 0 aromatic heterocycles. The van der Waals surface area contributed by atoms with Crippen molar-refractivity contribution in [3.8, 4) is 0 Å². The first-order chi connectivity index (χ1) is 2.64. The lowest BCUT2D eigenvalue weighted by Crippen LogP contribution is -2.07. The third kappa shape index (κ3) is 2.62. The molecule has 0 bridgehead atoms. The van der Waals surface area contributed by atoms with Gasteiger partial charge in [-0.1, -0.05) is 9.24 Å². The molecule has 0 N–H and O–H groups in total. The minimum Gasteiger partial charge on any atom is -0.422 e. The second-order valence-electron chi connectivity index (χ2n) is 1.58. The molecule has 0 saturated carbocycles. The Hall–Kier alpha value is 0.390. The zero-order valence-electron chi connectivity index (χ0n) is 4.56. The van der Waals surface area contributed by atoms with Crippen LogP contribution in [0.1, 0.15) is 6.92 Å². The Morgan fingerprint density at radius 1 is 1.50 bits per heavy atom. The summed E-state index contributed by atoms with van der Waals surface area (Å²) in [5.74, 6) is 0.519. The van der Waals surface area contributed by atoms with E-state index >= 15 is 0 Å². The first kappa shape index (κ1) is 6.39. The highest BCUT2D eigenvalue weighted by Gasteiger charge is 1.96. The van der Waals surface area contributed by atoms with Crippen molar-refractivity contribution in [2.45, 2.75) is 12.8 Å². The summed E-state index contributed by atoms with van der Waals surface area (Å²) in [4.78, 5) is 0. The van der Waals surface area contributed by atoms with Crippen LogP contribution in [0.5, 0.6) is 0 Å². The highest BCUT2D eigenvalue weighted by atomic mass is 31.0. The van der Waals surface area contributed by atoms with Gasteiger partial charge in [-0.15, -0.1) is 0 Å². The van der Waals surface area contributed by atoms with Crippen molar-refractivity contribution in [2.24, 2.45) is 0 Å². The largest absolute Gasteiger partial charge is 0.422 e. The van der Waals surface area contributed by atoms with E-state index in [0.29, 0.717) is 5.85 Å². The molecule has 0 aliphatic rings. The minimum absolute atomic E-state index is 0.519. The molecule has 6 heavy (non-hydrogen) atoms. The second kappa shape index (κ2) is 2.54. The normalized spacial score (nSPS) is 15.5. The first-order valence-electron chi connectivity index (χ1n) is 1.96. The summed E-state index contributed by atoms with van der Waals surface area (Å²) in [7, 11) is 6.60. The quantitative estimate of drug-likeness (QED) is 0.347. The fourth-order valence-electron chi connectivity index (χ4n) is 0. The van der Waals surface area contributed by atoms with Crippen LogP contribution in [0.4, 0.5) is 0 Å². The molecule has 0 spiro atoms. The molecule has 1 nitrogen and oxygen atoms in total. The van der Waals surface area contributed by atoms with E-state index in [1.165, 1.54) is 0 Å². The van der Waals surface area contributed by atoms with E-state index in [9.17, 15) is 0 Å². The van der Waals surface area contributed by atoms with Gasteiger partial charge < -0.3 is 4.37 Å². The Kier molecular flexibility index (Phi) is 2.71. The zero-order valence-corrected chi connectivity index (χ0v) is 5.72. The summed E-state index contributed by atoms with van der Waals surface area (Å²) in [5.41, 5.74) is 0. The number of hydrogen-bond acceptors (Lipinski definition) is 0. The summed E-state index contributed by atoms with van der Waals surface area (Å²) in [6.07, 6.45) is 0. The molecule has 0 rings (SSSR count). The maximum absolute atomic E-state index is 2.79. The lowest BCUT2D eigenvalue weighted by molar-refractivity contribution is -0.0653. The van der Waals surface area contributed by atoms with Gasteiger partial charge in [0, 0.05) is 6.92 Å². The Labute approximate surface area is 41.6 Å². The number of hydrogen-bond donors (Lipinski definition) is 0. The maximum Gasteiger partial charge on any atom is 0.163 e. The van der Waals surface area contributed by atoms with Crippen LogP contribution >= 0.6 is 9.24 Å². The van der Waals surface area contributed by atoms with E-state index in [1.54, 1.807) is 0 Å². The number of rotatable bonds is 1. The van der Waals surface area contributed by atoms with Gasteiger partial charge in [-0.2, -0.15) is 0 Å². The third-order valence-electron chi connectivity index (χ3n) is 0.744. The fourth-order valence-corrected chi connectivity index (χ4v) is 0. The van der Waals surface area contributed by atoms with Crippen LogP contribution in [-0.2, 0) is 4.37 Å². The Morgan fingerprint density at radius 3 is 1.67 bits per heavy atom. The van der Waals surface area contributed by atoms with Gasteiger partial charge in [0.05, 0.1) is 0 Å². The van der Waals surface area contributed by atoms with Crippen molar-refractivity contribution in [1.82, 2.24) is 0 Å². The van der Waals surface area contributed by atoms with Gasteiger partial charge in [-0.25, -0.2) is 0 Å². The van der Waals surface area contributed by atoms with Gasteiger partial charge in [0.25, 0.3) is 0 Å². The second-order valence-corrected chi connectivity index (χ2v) is 2.52. The van der Waals surface area contributed by atoms with E-state index in [4.69, 9.17) is 0 Å². The topological polar surface area (TPSA) is 2.70 Å². The Bertz CT molecular complexity index is 28.5. The van der Waals surface area contributed by atoms with Crippen LogP contribution in [0.15, 0.2) is 0 Å². The molecule has 0 aromatic carbocycles. The fraction of sp³-hybridized carbons (Fsp3) is 1.00.